The number of carboxylic acid groups (broad SMARTS) is 1. The first-order chi connectivity index (χ1) is 21.5. The topological polar surface area (TPSA) is 215 Å². The number of phenols is 1. The molecule has 0 fully saturated rings. The van der Waals surface area contributed by atoms with Gasteiger partial charge in [0.05, 0.1) is 12.4 Å². The first-order valence-electron chi connectivity index (χ1n) is 14.7. The Morgan fingerprint density at radius 1 is 0.844 bits per heavy atom. The van der Waals surface area contributed by atoms with Gasteiger partial charge in [0.15, 0.2) is 0 Å². The normalized spacial score (nSPS) is 14.0. The van der Waals surface area contributed by atoms with Gasteiger partial charge in [-0.1, -0.05) is 44.2 Å². The van der Waals surface area contributed by atoms with Gasteiger partial charge in [0, 0.05) is 48.3 Å². The number of nitrogens with two attached hydrogens (primary N) is 1. The van der Waals surface area contributed by atoms with Crippen molar-refractivity contribution in [3.63, 3.8) is 0 Å². The number of imidazole rings is 1. The number of amides is 3. The van der Waals surface area contributed by atoms with E-state index in [4.69, 9.17) is 5.73 Å². The van der Waals surface area contributed by atoms with Gasteiger partial charge in [-0.05, 0) is 41.7 Å². The molecule has 9 N–H and O–H groups in total. The van der Waals surface area contributed by atoms with E-state index in [9.17, 15) is 29.4 Å². The molecule has 0 aliphatic rings. The molecule has 0 aliphatic carbocycles. The van der Waals surface area contributed by atoms with Crippen LogP contribution in [0.2, 0.25) is 0 Å². The molecule has 2 aromatic carbocycles. The molecule has 0 saturated carbocycles. The fourth-order valence-electron chi connectivity index (χ4n) is 5.05. The second kappa shape index (κ2) is 15.0. The zero-order valence-electron chi connectivity index (χ0n) is 25.1. The van der Waals surface area contributed by atoms with Crippen molar-refractivity contribution in [2.24, 2.45) is 11.7 Å². The largest absolute Gasteiger partial charge is 0.508 e. The predicted octanol–water partition coefficient (Wildman–Crippen LogP) is 1.54. The van der Waals surface area contributed by atoms with Crippen molar-refractivity contribution in [2.45, 2.75) is 63.7 Å². The summed E-state index contributed by atoms with van der Waals surface area (Å²) in [6, 6.07) is 9.13. The molecule has 0 bridgehead atoms. The lowest BCUT2D eigenvalue weighted by Crippen LogP contribution is -2.58. The second-order valence-corrected chi connectivity index (χ2v) is 11.5. The van der Waals surface area contributed by atoms with Crippen molar-refractivity contribution < 1.29 is 29.4 Å². The SMILES string of the molecule is CC(C)CC(NC(=O)C(Cc1ccc(O)cc1)NC(=O)C(Cc1c[nH]c2ccccc12)NC(=O)C(N)Cc1cnc[nH]1)C(=O)O. The lowest BCUT2D eigenvalue weighted by molar-refractivity contribution is -0.142. The summed E-state index contributed by atoms with van der Waals surface area (Å²) in [4.78, 5) is 62.5. The van der Waals surface area contributed by atoms with E-state index >= 15 is 0 Å². The molecule has 0 saturated heterocycles. The van der Waals surface area contributed by atoms with Crippen LogP contribution < -0.4 is 21.7 Å². The van der Waals surface area contributed by atoms with Gasteiger partial charge in [0.25, 0.3) is 0 Å². The molecule has 0 aliphatic heterocycles. The van der Waals surface area contributed by atoms with Crippen LogP contribution in [-0.4, -0.2) is 73.0 Å². The number of hydrogen-bond acceptors (Lipinski definition) is 7. The van der Waals surface area contributed by atoms with E-state index in [-0.39, 0.29) is 37.4 Å². The number of aromatic amines is 2. The number of fused-ring (bicyclic) bond motifs is 1. The van der Waals surface area contributed by atoms with Crippen LogP contribution in [-0.2, 0) is 38.4 Å². The summed E-state index contributed by atoms with van der Waals surface area (Å²) < 4.78 is 0. The molecule has 4 rings (SSSR count). The molecular formula is C32H39N7O6. The minimum Gasteiger partial charge on any atom is -0.508 e. The van der Waals surface area contributed by atoms with Gasteiger partial charge >= 0.3 is 5.97 Å². The summed E-state index contributed by atoms with van der Waals surface area (Å²) >= 11 is 0. The van der Waals surface area contributed by atoms with Crippen molar-refractivity contribution in [1.29, 1.82) is 0 Å². The van der Waals surface area contributed by atoms with Gasteiger partial charge < -0.3 is 41.9 Å². The first-order valence-corrected chi connectivity index (χ1v) is 14.7. The number of rotatable bonds is 15. The third-order valence-corrected chi connectivity index (χ3v) is 7.39. The Hall–Kier alpha value is -5.17. The Labute approximate surface area is 260 Å². The minimum atomic E-state index is -1.20. The number of nitrogens with zero attached hydrogens (tertiary/aromatic N) is 1. The fraction of sp³-hybridized carbons (Fsp3) is 0.344. The molecule has 0 radical (unpaired) electrons. The number of carboxylic acids is 1. The van der Waals surface area contributed by atoms with Gasteiger partial charge in [-0.2, -0.15) is 0 Å². The van der Waals surface area contributed by atoms with E-state index in [2.05, 4.69) is 30.9 Å². The van der Waals surface area contributed by atoms with Crippen molar-refractivity contribution in [3.05, 3.63) is 84.1 Å². The number of aliphatic carboxylic acids is 1. The quantitative estimate of drug-likeness (QED) is 0.0977. The Balaban J connectivity index is 1.59. The van der Waals surface area contributed by atoms with Crippen molar-refractivity contribution in [3.8, 4) is 5.75 Å². The van der Waals surface area contributed by atoms with Crippen molar-refractivity contribution >= 4 is 34.6 Å². The number of aromatic nitrogens is 3. The van der Waals surface area contributed by atoms with Crippen LogP contribution in [0.25, 0.3) is 10.9 Å². The van der Waals surface area contributed by atoms with Gasteiger partial charge in [-0.15, -0.1) is 0 Å². The Morgan fingerprint density at radius 3 is 2.13 bits per heavy atom. The number of carbonyl (C=O) groups excluding carboxylic acids is 3. The molecular weight excluding hydrogens is 578 g/mol. The summed E-state index contributed by atoms with van der Waals surface area (Å²) in [6.07, 6.45) is 5.21. The van der Waals surface area contributed by atoms with Crippen LogP contribution in [0.15, 0.2) is 67.3 Å². The van der Waals surface area contributed by atoms with E-state index in [0.717, 1.165) is 16.5 Å². The molecule has 2 aromatic heterocycles. The zero-order chi connectivity index (χ0) is 32.5. The molecule has 4 unspecified atom stereocenters. The summed E-state index contributed by atoms with van der Waals surface area (Å²) in [6.45, 7) is 3.68. The van der Waals surface area contributed by atoms with Gasteiger partial charge in [-0.25, -0.2) is 9.78 Å². The lowest BCUT2D eigenvalue weighted by Gasteiger charge is -2.26. The number of phenolic OH excluding ortho intramolecular Hbond substituents is 1. The van der Waals surface area contributed by atoms with Crippen LogP contribution in [0.5, 0.6) is 5.75 Å². The third-order valence-electron chi connectivity index (χ3n) is 7.39. The van der Waals surface area contributed by atoms with Crippen LogP contribution in [0.1, 0.15) is 37.1 Å². The molecule has 4 atom stereocenters. The minimum absolute atomic E-state index is 0.00103. The van der Waals surface area contributed by atoms with Crippen LogP contribution in [0, 0.1) is 5.92 Å². The van der Waals surface area contributed by atoms with Gasteiger partial charge in [0.1, 0.15) is 23.9 Å². The maximum Gasteiger partial charge on any atom is 0.326 e. The standard InChI is InChI=1S/C32H39N7O6/c1-18(2)11-28(32(44)45)39-30(42)26(12-19-7-9-22(40)10-8-19)38-31(43)27(13-20-15-35-25-6-4-3-5-23(20)25)37-29(41)24(33)14-21-16-34-17-36-21/h3-10,15-18,24,26-28,35,40H,11-14,33H2,1-2H3,(H,34,36)(H,37,41)(H,38,43)(H,39,42)(H,44,45). The molecule has 2 heterocycles. The average molecular weight is 618 g/mol. The fourth-order valence-corrected chi connectivity index (χ4v) is 5.05. The molecule has 13 heteroatoms. The molecule has 13 nitrogen and oxygen atoms in total. The number of para-hydroxylation sites is 1. The number of carbonyl (C=O) groups is 4. The number of benzene rings is 2. The number of aromatic hydroxyl groups is 1. The predicted molar refractivity (Wildman–Crippen MR) is 167 cm³/mol. The summed E-state index contributed by atoms with van der Waals surface area (Å²) in [7, 11) is 0. The summed E-state index contributed by atoms with van der Waals surface area (Å²) in [5.74, 6) is -3.11. The molecule has 0 spiro atoms. The molecule has 238 valence electrons. The summed E-state index contributed by atoms with van der Waals surface area (Å²) in [5.41, 5.74) is 9.04. The third kappa shape index (κ3) is 9.16. The van der Waals surface area contributed by atoms with E-state index < -0.39 is 47.9 Å². The number of H-pyrrole nitrogens is 2. The van der Waals surface area contributed by atoms with E-state index in [0.29, 0.717) is 11.3 Å². The molecule has 3 amide bonds. The van der Waals surface area contributed by atoms with E-state index in [1.807, 2.05) is 38.1 Å². The highest BCUT2D eigenvalue weighted by Crippen LogP contribution is 2.20. The number of hydrogen-bond donors (Lipinski definition) is 8. The highest BCUT2D eigenvalue weighted by Gasteiger charge is 2.31. The van der Waals surface area contributed by atoms with E-state index in [1.165, 1.54) is 18.5 Å². The van der Waals surface area contributed by atoms with E-state index in [1.54, 1.807) is 24.5 Å². The first kappa shape index (κ1) is 32.7. The Kier molecular flexibility index (Phi) is 10.9. The second-order valence-electron chi connectivity index (χ2n) is 11.5. The van der Waals surface area contributed by atoms with Crippen LogP contribution >= 0.6 is 0 Å². The van der Waals surface area contributed by atoms with Crippen LogP contribution in [0.4, 0.5) is 0 Å². The van der Waals surface area contributed by atoms with Crippen molar-refractivity contribution in [2.75, 3.05) is 0 Å². The monoisotopic (exact) mass is 617 g/mol. The van der Waals surface area contributed by atoms with Crippen LogP contribution in [0.3, 0.4) is 0 Å². The Bertz CT molecular complexity index is 1600. The van der Waals surface area contributed by atoms with Gasteiger partial charge in [0.2, 0.25) is 17.7 Å². The van der Waals surface area contributed by atoms with Crippen molar-refractivity contribution in [1.82, 2.24) is 30.9 Å². The molecule has 4 aromatic rings. The lowest BCUT2D eigenvalue weighted by atomic mass is 10.00. The summed E-state index contributed by atoms with van der Waals surface area (Å²) in [5, 5.41) is 28.3. The smallest absolute Gasteiger partial charge is 0.326 e. The molecule has 45 heavy (non-hydrogen) atoms. The Morgan fingerprint density at radius 2 is 1.49 bits per heavy atom. The highest BCUT2D eigenvalue weighted by molar-refractivity contribution is 5.95. The maximum absolute atomic E-state index is 13.9. The number of nitrogens with one attached hydrogen (secondary N) is 5. The zero-order valence-corrected chi connectivity index (χ0v) is 25.1. The van der Waals surface area contributed by atoms with Gasteiger partial charge in [-0.3, -0.25) is 14.4 Å². The maximum atomic E-state index is 13.9. The highest BCUT2D eigenvalue weighted by atomic mass is 16.4. The average Bonchev–Trinajstić information content (AvgIpc) is 3.67.